The monoisotopic (exact) mass is 362 g/mol. The summed E-state index contributed by atoms with van der Waals surface area (Å²) in [4.78, 5) is 18.8. The van der Waals surface area contributed by atoms with Gasteiger partial charge in [-0.3, -0.25) is 4.79 Å². The second kappa shape index (κ2) is 6.77. The van der Waals surface area contributed by atoms with E-state index in [9.17, 15) is 4.79 Å². The fourth-order valence-electron chi connectivity index (χ4n) is 2.91. The Bertz CT molecular complexity index is 1120. The second-order valence-electron chi connectivity index (χ2n) is 6.06. The maximum absolute atomic E-state index is 12.6. The predicted molar refractivity (Wildman–Crippen MR) is 107 cm³/mol. The van der Waals surface area contributed by atoms with Crippen molar-refractivity contribution in [3.05, 3.63) is 65.0 Å². The molecule has 0 bridgehead atoms. The number of hydrogen-bond acceptors (Lipinski definition) is 4. The first kappa shape index (κ1) is 16.5. The molecule has 2 heterocycles. The molecule has 1 N–H and O–H groups in total. The largest absolute Gasteiger partial charge is 0.497 e. The second-order valence-corrected chi connectivity index (χ2v) is 7.09. The number of methoxy groups -OCH3 is 1. The SMILES string of the molecule is CCc1cccc(NC(=O)c2cc3cc4cc(OC)ccc4nc3s2)c1. The number of ether oxygens (including phenoxy) is 1. The fraction of sp³-hybridized carbons (Fsp3) is 0.143. The van der Waals surface area contributed by atoms with Crippen molar-refractivity contribution in [3.8, 4) is 5.75 Å². The quantitative estimate of drug-likeness (QED) is 0.538. The molecule has 0 saturated heterocycles. The maximum Gasteiger partial charge on any atom is 0.265 e. The number of nitrogens with one attached hydrogen (secondary N) is 1. The van der Waals surface area contributed by atoms with Crippen molar-refractivity contribution in [1.29, 1.82) is 0 Å². The number of aryl methyl sites for hydroxylation is 1. The number of aromatic nitrogens is 1. The molecule has 0 aliphatic rings. The molecule has 5 heteroatoms. The van der Waals surface area contributed by atoms with Crippen molar-refractivity contribution in [2.24, 2.45) is 0 Å². The van der Waals surface area contributed by atoms with E-state index in [4.69, 9.17) is 4.74 Å². The maximum atomic E-state index is 12.6. The van der Waals surface area contributed by atoms with Gasteiger partial charge in [-0.2, -0.15) is 0 Å². The van der Waals surface area contributed by atoms with Crippen LogP contribution in [0.3, 0.4) is 0 Å². The smallest absolute Gasteiger partial charge is 0.265 e. The number of benzene rings is 2. The highest BCUT2D eigenvalue weighted by Gasteiger charge is 2.13. The van der Waals surface area contributed by atoms with Crippen LogP contribution in [-0.2, 0) is 6.42 Å². The average molecular weight is 362 g/mol. The molecule has 0 aliphatic carbocycles. The molecule has 0 aliphatic heterocycles. The summed E-state index contributed by atoms with van der Waals surface area (Å²) in [6.45, 7) is 2.10. The Kier molecular flexibility index (Phi) is 4.31. The van der Waals surface area contributed by atoms with Crippen LogP contribution in [0.5, 0.6) is 5.75 Å². The molecule has 130 valence electrons. The van der Waals surface area contributed by atoms with Crippen molar-refractivity contribution in [2.75, 3.05) is 12.4 Å². The molecular formula is C21H18N2O2S. The number of pyridine rings is 1. The number of hydrogen-bond donors (Lipinski definition) is 1. The zero-order valence-corrected chi connectivity index (χ0v) is 15.4. The highest BCUT2D eigenvalue weighted by Crippen LogP contribution is 2.29. The van der Waals surface area contributed by atoms with Gasteiger partial charge in [-0.1, -0.05) is 19.1 Å². The lowest BCUT2D eigenvalue weighted by Crippen LogP contribution is -2.10. The summed E-state index contributed by atoms with van der Waals surface area (Å²) in [6.07, 6.45) is 0.937. The summed E-state index contributed by atoms with van der Waals surface area (Å²) in [6, 6.07) is 17.6. The summed E-state index contributed by atoms with van der Waals surface area (Å²) in [7, 11) is 1.65. The molecule has 4 rings (SSSR count). The molecule has 26 heavy (non-hydrogen) atoms. The highest BCUT2D eigenvalue weighted by atomic mass is 32.1. The van der Waals surface area contributed by atoms with Gasteiger partial charge in [0.1, 0.15) is 10.6 Å². The summed E-state index contributed by atoms with van der Waals surface area (Å²) < 4.78 is 5.27. The van der Waals surface area contributed by atoms with Gasteiger partial charge in [-0.05, 0) is 54.4 Å². The average Bonchev–Trinajstić information content (AvgIpc) is 3.08. The number of fused-ring (bicyclic) bond motifs is 2. The molecule has 0 radical (unpaired) electrons. The molecule has 0 fully saturated rings. The summed E-state index contributed by atoms with van der Waals surface area (Å²) in [5.74, 6) is 0.686. The van der Waals surface area contributed by atoms with Gasteiger partial charge < -0.3 is 10.1 Å². The van der Waals surface area contributed by atoms with Crippen LogP contribution < -0.4 is 10.1 Å². The Morgan fingerprint density at radius 1 is 1.12 bits per heavy atom. The third-order valence-corrected chi connectivity index (χ3v) is 5.37. The minimum atomic E-state index is -0.108. The van der Waals surface area contributed by atoms with Crippen molar-refractivity contribution in [1.82, 2.24) is 4.98 Å². The van der Waals surface area contributed by atoms with Crippen LogP contribution in [0.25, 0.3) is 21.1 Å². The van der Waals surface area contributed by atoms with Crippen LogP contribution in [0, 0.1) is 0 Å². The molecular weight excluding hydrogens is 344 g/mol. The van der Waals surface area contributed by atoms with Crippen LogP contribution in [0.15, 0.2) is 54.6 Å². The molecule has 1 amide bonds. The van der Waals surface area contributed by atoms with Crippen molar-refractivity contribution in [2.45, 2.75) is 13.3 Å². The van der Waals surface area contributed by atoms with Crippen LogP contribution in [0.4, 0.5) is 5.69 Å². The molecule has 0 atom stereocenters. The number of rotatable bonds is 4. The standard InChI is InChI=1S/C21H18N2O2S/c1-3-13-5-4-6-16(9-13)22-20(24)19-12-15-10-14-11-17(25-2)7-8-18(14)23-21(15)26-19/h4-12H,3H2,1-2H3,(H,22,24). The van der Waals surface area contributed by atoms with Gasteiger partial charge in [0.05, 0.1) is 17.5 Å². The lowest BCUT2D eigenvalue weighted by Gasteiger charge is -2.05. The van der Waals surface area contributed by atoms with E-state index in [-0.39, 0.29) is 5.91 Å². The van der Waals surface area contributed by atoms with Crippen molar-refractivity contribution in [3.63, 3.8) is 0 Å². The number of amides is 1. The molecule has 4 nitrogen and oxygen atoms in total. The zero-order valence-electron chi connectivity index (χ0n) is 14.6. The molecule has 0 spiro atoms. The number of carbonyl (C=O) groups excluding carboxylic acids is 1. The number of anilines is 1. The third kappa shape index (κ3) is 3.13. The van der Waals surface area contributed by atoms with Gasteiger partial charge in [0.2, 0.25) is 0 Å². The van der Waals surface area contributed by atoms with E-state index in [1.165, 1.54) is 16.9 Å². The Balaban J connectivity index is 1.67. The minimum absolute atomic E-state index is 0.108. The summed E-state index contributed by atoms with van der Waals surface area (Å²) >= 11 is 1.40. The molecule has 2 aromatic heterocycles. The van der Waals surface area contributed by atoms with Crippen molar-refractivity contribution >= 4 is 44.1 Å². The Labute approximate surface area is 155 Å². The summed E-state index contributed by atoms with van der Waals surface area (Å²) in [5.41, 5.74) is 2.90. The van der Waals surface area contributed by atoms with Crippen LogP contribution in [0.1, 0.15) is 22.2 Å². The topological polar surface area (TPSA) is 51.2 Å². The third-order valence-electron chi connectivity index (χ3n) is 4.32. The van der Waals surface area contributed by atoms with Gasteiger partial charge in [0.25, 0.3) is 5.91 Å². The van der Waals surface area contributed by atoms with E-state index in [0.29, 0.717) is 4.88 Å². The minimum Gasteiger partial charge on any atom is -0.497 e. The van der Waals surface area contributed by atoms with E-state index in [1.807, 2.05) is 48.5 Å². The Hall–Kier alpha value is -2.92. The van der Waals surface area contributed by atoms with Gasteiger partial charge in [-0.25, -0.2) is 4.98 Å². The van der Waals surface area contributed by atoms with Gasteiger partial charge in [0, 0.05) is 16.5 Å². The number of carbonyl (C=O) groups is 1. The van der Waals surface area contributed by atoms with Crippen LogP contribution in [0.2, 0.25) is 0 Å². The number of thiophene rings is 1. The molecule has 2 aromatic carbocycles. The van der Waals surface area contributed by atoms with E-state index >= 15 is 0 Å². The van der Waals surface area contributed by atoms with Gasteiger partial charge in [0.15, 0.2) is 0 Å². The Morgan fingerprint density at radius 2 is 2.00 bits per heavy atom. The van der Waals surface area contributed by atoms with Crippen LogP contribution in [-0.4, -0.2) is 18.0 Å². The van der Waals surface area contributed by atoms with Crippen LogP contribution >= 0.6 is 11.3 Å². The first-order chi connectivity index (χ1) is 12.7. The highest BCUT2D eigenvalue weighted by molar-refractivity contribution is 7.20. The first-order valence-corrected chi connectivity index (χ1v) is 9.26. The van der Waals surface area contributed by atoms with E-state index in [0.717, 1.165) is 39.0 Å². The Morgan fingerprint density at radius 3 is 2.81 bits per heavy atom. The van der Waals surface area contributed by atoms with E-state index < -0.39 is 0 Å². The molecule has 0 saturated carbocycles. The van der Waals surface area contributed by atoms with Crippen molar-refractivity contribution < 1.29 is 9.53 Å². The normalized spacial score (nSPS) is 11.0. The molecule has 0 unspecified atom stereocenters. The van der Waals surface area contributed by atoms with E-state index in [1.54, 1.807) is 7.11 Å². The number of nitrogens with zero attached hydrogens (tertiary/aromatic N) is 1. The lowest BCUT2D eigenvalue weighted by atomic mass is 10.1. The fourth-order valence-corrected chi connectivity index (χ4v) is 3.83. The predicted octanol–water partition coefficient (Wildman–Crippen LogP) is 5.27. The van der Waals surface area contributed by atoms with Gasteiger partial charge >= 0.3 is 0 Å². The van der Waals surface area contributed by atoms with E-state index in [2.05, 4.69) is 23.3 Å². The summed E-state index contributed by atoms with van der Waals surface area (Å²) in [5, 5.41) is 4.94. The zero-order chi connectivity index (χ0) is 18.1. The lowest BCUT2D eigenvalue weighted by molar-refractivity contribution is 0.103. The first-order valence-electron chi connectivity index (χ1n) is 8.45. The van der Waals surface area contributed by atoms with Gasteiger partial charge in [-0.15, -0.1) is 11.3 Å². The molecule has 4 aromatic rings.